The lowest BCUT2D eigenvalue weighted by atomic mass is 10.0. The smallest absolute Gasteiger partial charge is 0.222 e. The van der Waals surface area contributed by atoms with Crippen LogP contribution in [0.3, 0.4) is 0 Å². The monoisotopic (exact) mass is 378 g/mol. The largest absolute Gasteiger partial charge is 0.486 e. The van der Waals surface area contributed by atoms with Crippen LogP contribution in [-0.2, 0) is 17.6 Å². The lowest BCUT2D eigenvalue weighted by molar-refractivity contribution is -0.132. The molecule has 2 aromatic rings. The average molecular weight is 378 g/mol. The van der Waals surface area contributed by atoms with E-state index in [0.717, 1.165) is 56.2 Å². The van der Waals surface area contributed by atoms with Crippen LogP contribution in [0.1, 0.15) is 17.5 Å². The number of nitrogens with zero attached hydrogens (tertiary/aromatic N) is 2. The zero-order valence-electron chi connectivity index (χ0n) is 16.1. The number of amides is 1. The van der Waals surface area contributed by atoms with Crippen LogP contribution in [-0.4, -0.2) is 50.2 Å². The number of fused-ring (bicyclic) bond motifs is 2. The summed E-state index contributed by atoms with van der Waals surface area (Å²) in [4.78, 5) is 17.2. The molecule has 0 unspecified atom stereocenters. The standard InChI is InChI=1S/C23H26N2O3/c26-22(16-17-14-18-4-1-2-5-19(18)15-17)25-10-8-24(9-11-25)20-6-3-7-21-23(20)28-13-12-27-21/h1-7,17H,8-16H2. The third-order valence-electron chi connectivity index (χ3n) is 6.12. The summed E-state index contributed by atoms with van der Waals surface area (Å²) in [6.07, 6.45) is 2.73. The van der Waals surface area contributed by atoms with E-state index in [1.807, 2.05) is 17.0 Å². The van der Waals surface area contributed by atoms with Crippen molar-refractivity contribution in [2.75, 3.05) is 44.3 Å². The van der Waals surface area contributed by atoms with Crippen molar-refractivity contribution in [1.29, 1.82) is 0 Å². The Morgan fingerprint density at radius 3 is 2.36 bits per heavy atom. The first-order chi connectivity index (χ1) is 13.8. The van der Waals surface area contributed by atoms with E-state index in [1.165, 1.54) is 11.1 Å². The highest BCUT2D eigenvalue weighted by molar-refractivity contribution is 5.77. The molecule has 1 amide bonds. The van der Waals surface area contributed by atoms with E-state index in [2.05, 4.69) is 35.2 Å². The first-order valence-electron chi connectivity index (χ1n) is 10.3. The van der Waals surface area contributed by atoms with Gasteiger partial charge in [0.25, 0.3) is 0 Å². The van der Waals surface area contributed by atoms with Crippen LogP contribution in [0, 0.1) is 5.92 Å². The Morgan fingerprint density at radius 2 is 1.61 bits per heavy atom. The third-order valence-corrected chi connectivity index (χ3v) is 6.12. The number of hydrogen-bond donors (Lipinski definition) is 0. The molecule has 146 valence electrons. The Bertz CT molecular complexity index is 849. The van der Waals surface area contributed by atoms with E-state index >= 15 is 0 Å². The molecule has 1 fully saturated rings. The predicted molar refractivity (Wildman–Crippen MR) is 108 cm³/mol. The Kier molecular flexibility index (Phi) is 4.59. The Balaban J connectivity index is 1.18. The van der Waals surface area contributed by atoms with E-state index in [9.17, 15) is 4.79 Å². The minimum absolute atomic E-state index is 0.298. The van der Waals surface area contributed by atoms with Crippen molar-refractivity contribution in [2.45, 2.75) is 19.3 Å². The molecule has 0 spiro atoms. The maximum atomic E-state index is 12.8. The van der Waals surface area contributed by atoms with Gasteiger partial charge in [0.05, 0.1) is 5.69 Å². The summed E-state index contributed by atoms with van der Waals surface area (Å²) in [7, 11) is 0. The fourth-order valence-electron chi connectivity index (χ4n) is 4.67. The molecule has 3 aliphatic rings. The van der Waals surface area contributed by atoms with Crippen molar-refractivity contribution in [2.24, 2.45) is 5.92 Å². The van der Waals surface area contributed by atoms with Gasteiger partial charge in [0.2, 0.25) is 5.91 Å². The minimum atomic E-state index is 0.298. The molecule has 1 aliphatic carbocycles. The predicted octanol–water partition coefficient (Wildman–Crippen LogP) is 2.91. The molecule has 5 nitrogen and oxygen atoms in total. The molecule has 0 bridgehead atoms. The van der Waals surface area contributed by atoms with Gasteiger partial charge in [-0.2, -0.15) is 0 Å². The van der Waals surface area contributed by atoms with Gasteiger partial charge in [0, 0.05) is 32.6 Å². The topological polar surface area (TPSA) is 42.0 Å². The van der Waals surface area contributed by atoms with Gasteiger partial charge < -0.3 is 19.3 Å². The number of benzene rings is 2. The molecule has 0 atom stereocenters. The van der Waals surface area contributed by atoms with Gasteiger partial charge in [-0.15, -0.1) is 0 Å². The fraction of sp³-hybridized carbons (Fsp3) is 0.435. The van der Waals surface area contributed by atoms with Crippen molar-refractivity contribution in [3.8, 4) is 11.5 Å². The number of ether oxygens (including phenoxy) is 2. The van der Waals surface area contributed by atoms with Crippen LogP contribution >= 0.6 is 0 Å². The van der Waals surface area contributed by atoms with E-state index in [0.29, 0.717) is 31.5 Å². The molecule has 0 radical (unpaired) electrons. The van der Waals surface area contributed by atoms with Crippen molar-refractivity contribution in [3.63, 3.8) is 0 Å². The highest BCUT2D eigenvalue weighted by atomic mass is 16.6. The van der Waals surface area contributed by atoms with Crippen LogP contribution in [0.25, 0.3) is 0 Å². The van der Waals surface area contributed by atoms with Gasteiger partial charge in [-0.05, 0) is 42.0 Å². The van der Waals surface area contributed by atoms with Crippen LogP contribution in [0.2, 0.25) is 0 Å². The SMILES string of the molecule is O=C(CC1Cc2ccccc2C1)N1CCN(c2cccc3c2OCCO3)CC1. The molecule has 0 aromatic heterocycles. The molecule has 2 aliphatic heterocycles. The minimum Gasteiger partial charge on any atom is -0.486 e. The maximum absolute atomic E-state index is 12.8. The van der Waals surface area contributed by atoms with Crippen molar-refractivity contribution in [1.82, 2.24) is 4.90 Å². The summed E-state index contributed by atoms with van der Waals surface area (Å²) in [6.45, 7) is 4.38. The average Bonchev–Trinajstić information content (AvgIpc) is 3.16. The van der Waals surface area contributed by atoms with Crippen LogP contribution in [0.4, 0.5) is 5.69 Å². The van der Waals surface area contributed by atoms with E-state index in [4.69, 9.17) is 9.47 Å². The Labute approximate surface area is 165 Å². The lowest BCUT2D eigenvalue weighted by Gasteiger charge is -2.37. The summed E-state index contributed by atoms with van der Waals surface area (Å²) in [5.74, 6) is 2.42. The van der Waals surface area contributed by atoms with Crippen molar-refractivity contribution >= 4 is 11.6 Å². The molecule has 2 heterocycles. The molecule has 2 aromatic carbocycles. The van der Waals surface area contributed by atoms with Gasteiger partial charge in [0.1, 0.15) is 13.2 Å². The van der Waals surface area contributed by atoms with Gasteiger partial charge in [-0.25, -0.2) is 0 Å². The molecule has 0 saturated carbocycles. The molecule has 5 rings (SSSR count). The number of anilines is 1. The zero-order chi connectivity index (χ0) is 18.9. The highest BCUT2D eigenvalue weighted by Crippen LogP contribution is 2.39. The van der Waals surface area contributed by atoms with Crippen LogP contribution in [0.15, 0.2) is 42.5 Å². The van der Waals surface area contributed by atoms with Gasteiger partial charge in [0.15, 0.2) is 11.5 Å². The molecule has 5 heteroatoms. The number of carbonyl (C=O) groups excluding carboxylic acids is 1. The second-order valence-corrected chi connectivity index (χ2v) is 7.92. The zero-order valence-corrected chi connectivity index (χ0v) is 16.1. The Morgan fingerprint density at radius 1 is 0.893 bits per heavy atom. The summed E-state index contributed by atoms with van der Waals surface area (Å²) < 4.78 is 11.6. The first kappa shape index (κ1) is 17.4. The molecule has 0 N–H and O–H groups in total. The van der Waals surface area contributed by atoms with E-state index in [1.54, 1.807) is 0 Å². The summed E-state index contributed by atoms with van der Waals surface area (Å²) in [5.41, 5.74) is 3.91. The van der Waals surface area contributed by atoms with Crippen LogP contribution in [0.5, 0.6) is 11.5 Å². The lowest BCUT2D eigenvalue weighted by Crippen LogP contribution is -2.49. The molecular weight excluding hydrogens is 352 g/mol. The highest BCUT2D eigenvalue weighted by Gasteiger charge is 2.28. The summed E-state index contributed by atoms with van der Waals surface area (Å²) in [6, 6.07) is 14.6. The molecule has 1 saturated heterocycles. The second kappa shape index (κ2) is 7.38. The van der Waals surface area contributed by atoms with Crippen molar-refractivity contribution < 1.29 is 14.3 Å². The number of hydrogen-bond acceptors (Lipinski definition) is 4. The number of piperazine rings is 1. The maximum Gasteiger partial charge on any atom is 0.222 e. The number of rotatable bonds is 3. The fourth-order valence-corrected chi connectivity index (χ4v) is 4.67. The van der Waals surface area contributed by atoms with Gasteiger partial charge >= 0.3 is 0 Å². The van der Waals surface area contributed by atoms with Crippen LogP contribution < -0.4 is 14.4 Å². The van der Waals surface area contributed by atoms with Crippen molar-refractivity contribution in [3.05, 3.63) is 53.6 Å². The summed E-state index contributed by atoms with van der Waals surface area (Å²) >= 11 is 0. The van der Waals surface area contributed by atoms with E-state index < -0.39 is 0 Å². The Hall–Kier alpha value is -2.69. The van der Waals surface area contributed by atoms with Gasteiger partial charge in [-0.3, -0.25) is 4.79 Å². The number of carbonyl (C=O) groups is 1. The third kappa shape index (κ3) is 3.30. The normalized spacial score (nSPS) is 18.9. The molecule has 28 heavy (non-hydrogen) atoms. The quantitative estimate of drug-likeness (QED) is 0.824. The van der Waals surface area contributed by atoms with E-state index in [-0.39, 0.29) is 0 Å². The first-order valence-corrected chi connectivity index (χ1v) is 10.3. The second-order valence-electron chi connectivity index (χ2n) is 7.92. The molecular formula is C23H26N2O3. The number of para-hydroxylation sites is 1. The summed E-state index contributed by atoms with van der Waals surface area (Å²) in [5, 5.41) is 0. The van der Waals surface area contributed by atoms with Gasteiger partial charge in [-0.1, -0.05) is 30.3 Å².